The van der Waals surface area contributed by atoms with Gasteiger partial charge in [0.25, 0.3) is 0 Å². The highest BCUT2D eigenvalue weighted by molar-refractivity contribution is 7.99. The first kappa shape index (κ1) is 16.9. The van der Waals surface area contributed by atoms with E-state index in [4.69, 9.17) is 0 Å². The summed E-state index contributed by atoms with van der Waals surface area (Å²) in [6, 6.07) is 0. The fourth-order valence-corrected chi connectivity index (χ4v) is 3.98. The summed E-state index contributed by atoms with van der Waals surface area (Å²) in [5, 5.41) is 0. The molecule has 4 heteroatoms. The van der Waals surface area contributed by atoms with Crippen molar-refractivity contribution in [1.29, 1.82) is 0 Å². The molecule has 0 unspecified atom stereocenters. The second-order valence-electron chi connectivity index (χ2n) is 3.66. The number of rotatable bonds is 12. The maximum atomic E-state index is 11.6. The van der Waals surface area contributed by atoms with Gasteiger partial charge in [0, 0.05) is 22.3 Å². The quantitative estimate of drug-likeness (QED) is 0.507. The van der Waals surface area contributed by atoms with Gasteiger partial charge in [-0.05, 0) is 48.7 Å². The highest BCUT2D eigenvalue weighted by Gasteiger charge is 1.99. The van der Waals surface area contributed by atoms with Crippen LogP contribution in [0.2, 0.25) is 0 Å². The Hall–Kier alpha value is 0.850. The van der Waals surface area contributed by atoms with Crippen LogP contribution in [0.15, 0.2) is 0 Å². The van der Waals surface area contributed by atoms with Gasteiger partial charge in [0.2, 0.25) is 0 Å². The predicted octanol–water partition coefficient (Wildman–Crippen LogP) is 3.80. The molecule has 0 aliphatic carbocycles. The van der Waals surface area contributed by atoms with Crippen LogP contribution in [-0.2, 0) is 10.8 Å². The maximum Gasteiger partial charge on any atom is 0.0235 e. The summed E-state index contributed by atoms with van der Waals surface area (Å²) in [6.45, 7) is 4.38. The molecule has 0 radical (unpaired) electrons. The lowest BCUT2D eigenvalue weighted by Gasteiger charge is -2.02. The Morgan fingerprint density at radius 3 is 1.62 bits per heavy atom. The predicted molar refractivity (Wildman–Crippen MR) is 82.3 cm³/mol. The third kappa shape index (κ3) is 12.9. The molecule has 0 aliphatic heterocycles. The zero-order valence-corrected chi connectivity index (χ0v) is 13.2. The minimum Gasteiger partial charge on any atom is -0.260 e. The smallest absolute Gasteiger partial charge is 0.0235 e. The van der Waals surface area contributed by atoms with Crippen LogP contribution in [0.4, 0.5) is 0 Å². The first-order chi connectivity index (χ1) is 7.81. The van der Waals surface area contributed by atoms with Gasteiger partial charge in [-0.15, -0.1) is 0 Å². The van der Waals surface area contributed by atoms with Gasteiger partial charge < -0.3 is 0 Å². The summed E-state index contributed by atoms with van der Waals surface area (Å²) in [4.78, 5) is 0. The molecule has 0 N–H and O–H groups in total. The van der Waals surface area contributed by atoms with Gasteiger partial charge in [0.15, 0.2) is 0 Å². The number of unbranched alkanes of at least 4 members (excludes halogenated alkanes) is 2. The van der Waals surface area contributed by atoms with Crippen molar-refractivity contribution >= 4 is 34.3 Å². The lowest BCUT2D eigenvalue weighted by atomic mass is 10.4. The Balaban J connectivity index is 3.12. The standard InChI is InChI=1S/C12H26OS3/c1-3-14-9-5-7-11-16(13)12-8-6-10-15-4-2/h3-12H2,1-2H3. The first-order valence-electron chi connectivity index (χ1n) is 6.31. The molecule has 98 valence electrons. The zero-order chi connectivity index (χ0) is 12.1. The number of thioether (sulfide) groups is 2. The summed E-state index contributed by atoms with van der Waals surface area (Å²) >= 11 is 3.97. The fourth-order valence-electron chi connectivity index (χ4n) is 1.33. The van der Waals surface area contributed by atoms with E-state index in [0.717, 1.165) is 24.3 Å². The van der Waals surface area contributed by atoms with E-state index in [1.165, 1.54) is 35.9 Å². The van der Waals surface area contributed by atoms with E-state index in [0.29, 0.717) is 0 Å². The summed E-state index contributed by atoms with van der Waals surface area (Å²) in [7, 11) is -0.549. The second kappa shape index (κ2) is 13.9. The Morgan fingerprint density at radius 2 is 1.25 bits per heavy atom. The fraction of sp³-hybridized carbons (Fsp3) is 1.00. The molecule has 0 saturated heterocycles. The summed E-state index contributed by atoms with van der Waals surface area (Å²) in [6.07, 6.45) is 4.75. The molecule has 0 rings (SSSR count). The van der Waals surface area contributed by atoms with Gasteiger partial charge in [0.1, 0.15) is 0 Å². The highest BCUT2D eigenvalue weighted by atomic mass is 32.2. The van der Waals surface area contributed by atoms with Gasteiger partial charge >= 0.3 is 0 Å². The zero-order valence-electron chi connectivity index (χ0n) is 10.7. The maximum absolute atomic E-state index is 11.6. The van der Waals surface area contributed by atoms with Gasteiger partial charge in [0.05, 0.1) is 0 Å². The van der Waals surface area contributed by atoms with Crippen molar-refractivity contribution in [3.63, 3.8) is 0 Å². The lowest BCUT2D eigenvalue weighted by Crippen LogP contribution is -2.03. The molecule has 0 aromatic heterocycles. The summed E-state index contributed by atoms with van der Waals surface area (Å²) in [5.74, 6) is 6.73. The van der Waals surface area contributed by atoms with Crippen LogP contribution >= 0.6 is 23.5 Å². The Labute approximate surface area is 112 Å². The summed E-state index contributed by atoms with van der Waals surface area (Å²) < 4.78 is 11.6. The average molecular weight is 283 g/mol. The molecule has 0 heterocycles. The van der Waals surface area contributed by atoms with E-state index in [2.05, 4.69) is 13.8 Å². The molecule has 16 heavy (non-hydrogen) atoms. The van der Waals surface area contributed by atoms with Crippen LogP contribution in [0.25, 0.3) is 0 Å². The minimum absolute atomic E-state index is 0.549. The SMILES string of the molecule is CCSCCCCS(=O)CCCCSCC. The van der Waals surface area contributed by atoms with Crippen molar-refractivity contribution < 1.29 is 4.21 Å². The van der Waals surface area contributed by atoms with Crippen LogP contribution in [0.3, 0.4) is 0 Å². The lowest BCUT2D eigenvalue weighted by molar-refractivity contribution is 0.676. The third-order valence-corrected chi connectivity index (χ3v) is 5.69. The van der Waals surface area contributed by atoms with E-state index < -0.39 is 10.8 Å². The Kier molecular flexibility index (Phi) is 14.7. The van der Waals surface area contributed by atoms with E-state index in [9.17, 15) is 4.21 Å². The number of hydrogen-bond donors (Lipinski definition) is 0. The minimum atomic E-state index is -0.549. The molecule has 0 spiro atoms. The van der Waals surface area contributed by atoms with E-state index in [1.54, 1.807) is 0 Å². The van der Waals surface area contributed by atoms with E-state index in [-0.39, 0.29) is 0 Å². The molecular formula is C12H26OS3. The van der Waals surface area contributed by atoms with Gasteiger partial charge in [-0.1, -0.05) is 13.8 Å². The van der Waals surface area contributed by atoms with Crippen LogP contribution < -0.4 is 0 Å². The largest absolute Gasteiger partial charge is 0.260 e. The van der Waals surface area contributed by atoms with E-state index in [1.807, 2.05) is 23.5 Å². The molecular weight excluding hydrogens is 256 g/mol. The monoisotopic (exact) mass is 282 g/mol. The van der Waals surface area contributed by atoms with Crippen molar-refractivity contribution in [2.75, 3.05) is 34.5 Å². The molecule has 0 atom stereocenters. The second-order valence-corrected chi connectivity index (χ2v) is 8.14. The van der Waals surface area contributed by atoms with Crippen molar-refractivity contribution in [1.82, 2.24) is 0 Å². The van der Waals surface area contributed by atoms with Gasteiger partial charge in [-0.3, -0.25) is 4.21 Å². The molecule has 0 aromatic rings. The van der Waals surface area contributed by atoms with Gasteiger partial charge in [-0.2, -0.15) is 23.5 Å². The van der Waals surface area contributed by atoms with Crippen LogP contribution in [0, 0.1) is 0 Å². The van der Waals surface area contributed by atoms with Crippen molar-refractivity contribution in [3.05, 3.63) is 0 Å². The van der Waals surface area contributed by atoms with Crippen molar-refractivity contribution in [2.45, 2.75) is 39.5 Å². The molecule has 1 nitrogen and oxygen atoms in total. The third-order valence-electron chi connectivity index (χ3n) is 2.23. The van der Waals surface area contributed by atoms with Crippen molar-refractivity contribution in [2.24, 2.45) is 0 Å². The Bertz CT molecular complexity index is 146. The van der Waals surface area contributed by atoms with Crippen LogP contribution in [0.1, 0.15) is 39.5 Å². The Morgan fingerprint density at radius 1 is 0.812 bits per heavy atom. The molecule has 0 fully saturated rings. The molecule has 0 amide bonds. The molecule has 0 saturated carbocycles. The average Bonchev–Trinajstić information content (AvgIpc) is 2.28. The van der Waals surface area contributed by atoms with Crippen LogP contribution in [0.5, 0.6) is 0 Å². The normalized spacial score (nSPS) is 11.2. The topological polar surface area (TPSA) is 17.1 Å². The molecule has 0 bridgehead atoms. The first-order valence-corrected chi connectivity index (χ1v) is 10.1. The van der Waals surface area contributed by atoms with E-state index >= 15 is 0 Å². The molecule has 0 aliphatic rings. The molecule has 0 aromatic carbocycles. The van der Waals surface area contributed by atoms with Gasteiger partial charge in [-0.25, -0.2) is 0 Å². The summed E-state index contributed by atoms with van der Waals surface area (Å²) in [5.41, 5.74) is 0. The van der Waals surface area contributed by atoms with Crippen LogP contribution in [-0.4, -0.2) is 38.7 Å². The van der Waals surface area contributed by atoms with Crippen molar-refractivity contribution in [3.8, 4) is 0 Å². The highest BCUT2D eigenvalue weighted by Crippen LogP contribution is 2.06. The number of hydrogen-bond acceptors (Lipinski definition) is 3.